The number of benzene rings is 1. The average Bonchev–Trinajstić information content (AvgIpc) is 2.82. The second-order valence-electron chi connectivity index (χ2n) is 6.54. The Morgan fingerprint density at radius 3 is 2.20 bits per heavy atom. The van der Waals surface area contributed by atoms with Crippen LogP contribution in [-0.4, -0.2) is 5.38 Å². The van der Waals surface area contributed by atoms with Gasteiger partial charge in [0.15, 0.2) is 0 Å². The van der Waals surface area contributed by atoms with E-state index in [0.717, 1.165) is 19.3 Å². The Hall–Kier alpha value is -0.630. The molecular weight excluding hydrogens is 278 g/mol. The molecule has 1 aliphatic rings. The van der Waals surface area contributed by atoms with Crippen molar-refractivity contribution in [1.29, 1.82) is 0 Å². The van der Waals surface area contributed by atoms with Gasteiger partial charge in [0.1, 0.15) is 11.6 Å². The van der Waals surface area contributed by atoms with Crippen molar-refractivity contribution in [3.8, 4) is 0 Å². The van der Waals surface area contributed by atoms with E-state index in [0.29, 0.717) is 5.92 Å². The maximum atomic E-state index is 13.8. The molecular formula is C17H23ClF2. The largest absolute Gasteiger partial charge is 0.207 e. The molecule has 0 bridgehead atoms. The van der Waals surface area contributed by atoms with E-state index in [-0.39, 0.29) is 22.8 Å². The molecule has 2 rings (SSSR count). The van der Waals surface area contributed by atoms with Crippen molar-refractivity contribution in [3.63, 3.8) is 0 Å². The van der Waals surface area contributed by atoms with Crippen LogP contribution in [0.3, 0.4) is 0 Å². The van der Waals surface area contributed by atoms with E-state index >= 15 is 0 Å². The van der Waals surface area contributed by atoms with Gasteiger partial charge in [0.05, 0.1) is 0 Å². The Morgan fingerprint density at radius 1 is 1.15 bits per heavy atom. The summed E-state index contributed by atoms with van der Waals surface area (Å²) >= 11 is 6.63. The predicted molar refractivity (Wildman–Crippen MR) is 80.1 cm³/mol. The molecule has 1 aromatic carbocycles. The first-order chi connectivity index (χ1) is 9.44. The molecule has 3 heteroatoms. The smallest absolute Gasteiger partial charge is 0.129 e. The van der Waals surface area contributed by atoms with Gasteiger partial charge in [-0.1, -0.05) is 32.8 Å². The minimum absolute atomic E-state index is 0.0461. The van der Waals surface area contributed by atoms with E-state index in [4.69, 9.17) is 11.6 Å². The van der Waals surface area contributed by atoms with Crippen molar-refractivity contribution in [1.82, 2.24) is 0 Å². The molecule has 0 N–H and O–H groups in total. The molecule has 0 nitrogen and oxygen atoms in total. The van der Waals surface area contributed by atoms with E-state index in [1.54, 1.807) is 0 Å². The second-order valence-corrected chi connectivity index (χ2v) is 7.07. The number of hydrogen-bond acceptors (Lipinski definition) is 0. The minimum atomic E-state index is -0.478. The Labute approximate surface area is 125 Å². The first-order valence-electron chi connectivity index (χ1n) is 7.51. The highest BCUT2D eigenvalue weighted by molar-refractivity contribution is 6.21. The van der Waals surface area contributed by atoms with Crippen LogP contribution in [0.1, 0.15) is 51.5 Å². The summed E-state index contributed by atoms with van der Waals surface area (Å²) < 4.78 is 27.6. The Balaban J connectivity index is 2.19. The van der Waals surface area contributed by atoms with E-state index in [9.17, 15) is 8.78 Å². The minimum Gasteiger partial charge on any atom is -0.207 e. The van der Waals surface area contributed by atoms with E-state index in [1.165, 1.54) is 31.0 Å². The van der Waals surface area contributed by atoms with Crippen molar-refractivity contribution in [2.24, 2.45) is 11.3 Å². The summed E-state index contributed by atoms with van der Waals surface area (Å²) in [5, 5.41) is -0.196. The van der Waals surface area contributed by atoms with Crippen LogP contribution in [0.15, 0.2) is 18.2 Å². The van der Waals surface area contributed by atoms with Crippen molar-refractivity contribution in [2.75, 3.05) is 0 Å². The summed E-state index contributed by atoms with van der Waals surface area (Å²) in [4.78, 5) is 0. The number of hydrogen-bond donors (Lipinski definition) is 0. The molecule has 0 amide bonds. The zero-order chi connectivity index (χ0) is 14.8. The molecule has 0 heterocycles. The van der Waals surface area contributed by atoms with Crippen molar-refractivity contribution >= 4 is 11.6 Å². The summed E-state index contributed by atoms with van der Waals surface area (Å²) in [5.74, 6) is -0.401. The van der Waals surface area contributed by atoms with Gasteiger partial charge in [-0.15, -0.1) is 11.6 Å². The summed E-state index contributed by atoms with van der Waals surface area (Å²) in [6, 6.07) is 4.02. The van der Waals surface area contributed by atoms with E-state index < -0.39 is 11.6 Å². The van der Waals surface area contributed by atoms with Crippen molar-refractivity contribution < 1.29 is 8.78 Å². The molecule has 1 unspecified atom stereocenters. The van der Waals surface area contributed by atoms with Crippen molar-refractivity contribution in [2.45, 2.75) is 57.7 Å². The lowest BCUT2D eigenvalue weighted by molar-refractivity contribution is 0.219. The van der Waals surface area contributed by atoms with Gasteiger partial charge in [-0.05, 0) is 49.1 Å². The molecule has 1 saturated carbocycles. The quantitative estimate of drug-likeness (QED) is 0.610. The molecule has 1 atom stereocenters. The van der Waals surface area contributed by atoms with Gasteiger partial charge in [-0.2, -0.15) is 0 Å². The zero-order valence-electron chi connectivity index (χ0n) is 12.3. The first kappa shape index (κ1) is 15.8. The highest BCUT2D eigenvalue weighted by Crippen LogP contribution is 2.49. The maximum absolute atomic E-state index is 13.8. The molecule has 0 aliphatic heterocycles. The SMILES string of the molecule is CC(C)CC1(C(Cl)Cc2c(F)cccc2F)CCCC1. The Morgan fingerprint density at radius 2 is 1.70 bits per heavy atom. The molecule has 0 radical (unpaired) electrons. The fraction of sp³-hybridized carbons (Fsp3) is 0.647. The lowest BCUT2D eigenvalue weighted by atomic mass is 9.74. The van der Waals surface area contributed by atoms with Gasteiger partial charge in [-0.3, -0.25) is 0 Å². The van der Waals surface area contributed by atoms with Gasteiger partial charge >= 0.3 is 0 Å². The fourth-order valence-electron chi connectivity index (χ4n) is 3.66. The average molecular weight is 301 g/mol. The van der Waals surface area contributed by atoms with Crippen LogP contribution in [0, 0.1) is 23.0 Å². The van der Waals surface area contributed by atoms with Crippen LogP contribution in [0.4, 0.5) is 8.78 Å². The molecule has 0 aromatic heterocycles. The van der Waals surface area contributed by atoms with Crippen LogP contribution >= 0.6 is 11.6 Å². The van der Waals surface area contributed by atoms with E-state index in [1.807, 2.05) is 0 Å². The van der Waals surface area contributed by atoms with Gasteiger partial charge in [0, 0.05) is 10.9 Å². The van der Waals surface area contributed by atoms with Gasteiger partial charge in [0.25, 0.3) is 0 Å². The lowest BCUT2D eigenvalue weighted by Gasteiger charge is -2.36. The van der Waals surface area contributed by atoms with Crippen LogP contribution in [0.25, 0.3) is 0 Å². The lowest BCUT2D eigenvalue weighted by Crippen LogP contribution is -2.32. The summed E-state index contributed by atoms with van der Waals surface area (Å²) in [6.45, 7) is 4.38. The van der Waals surface area contributed by atoms with Crippen LogP contribution in [-0.2, 0) is 6.42 Å². The molecule has 0 spiro atoms. The summed E-state index contributed by atoms with van der Waals surface area (Å²) in [7, 11) is 0. The third-order valence-electron chi connectivity index (χ3n) is 4.52. The van der Waals surface area contributed by atoms with Gasteiger partial charge in [0.2, 0.25) is 0 Å². The third-order valence-corrected chi connectivity index (χ3v) is 5.14. The Bertz CT molecular complexity index is 430. The van der Waals surface area contributed by atoms with Crippen LogP contribution < -0.4 is 0 Å². The topological polar surface area (TPSA) is 0 Å². The first-order valence-corrected chi connectivity index (χ1v) is 7.95. The fourth-order valence-corrected chi connectivity index (χ4v) is 4.12. The normalized spacial score (nSPS) is 19.5. The van der Waals surface area contributed by atoms with Crippen LogP contribution in [0.2, 0.25) is 0 Å². The molecule has 1 aromatic rings. The molecule has 20 heavy (non-hydrogen) atoms. The Kier molecular flexibility index (Phi) is 5.06. The zero-order valence-corrected chi connectivity index (χ0v) is 13.0. The highest BCUT2D eigenvalue weighted by atomic mass is 35.5. The number of rotatable bonds is 5. The van der Waals surface area contributed by atoms with Gasteiger partial charge in [-0.25, -0.2) is 8.78 Å². The number of alkyl halides is 1. The molecule has 0 saturated heterocycles. The maximum Gasteiger partial charge on any atom is 0.129 e. The standard InChI is InChI=1S/C17H23ClF2/c1-12(2)11-17(8-3-4-9-17)16(18)10-13-14(19)6-5-7-15(13)20/h5-7,12,16H,3-4,8-11H2,1-2H3. The number of halogens is 3. The van der Waals surface area contributed by atoms with Crippen molar-refractivity contribution in [3.05, 3.63) is 35.4 Å². The molecule has 1 aliphatic carbocycles. The molecule has 112 valence electrons. The monoisotopic (exact) mass is 300 g/mol. The van der Waals surface area contributed by atoms with Crippen LogP contribution in [0.5, 0.6) is 0 Å². The predicted octanol–water partition coefficient (Wildman–Crippen LogP) is 5.72. The summed E-state index contributed by atoms with van der Waals surface area (Å²) in [6.07, 6.45) is 5.83. The highest BCUT2D eigenvalue weighted by Gasteiger charge is 2.41. The van der Waals surface area contributed by atoms with E-state index in [2.05, 4.69) is 13.8 Å². The molecule has 1 fully saturated rings. The second kappa shape index (κ2) is 6.43. The third kappa shape index (κ3) is 3.33. The van der Waals surface area contributed by atoms with Gasteiger partial charge < -0.3 is 0 Å². The summed E-state index contributed by atoms with van der Waals surface area (Å²) in [5.41, 5.74) is 0.187.